The summed E-state index contributed by atoms with van der Waals surface area (Å²) < 4.78 is 5.36. The number of carbonyl (C=O) groups is 2. The topological polar surface area (TPSA) is 109 Å². The summed E-state index contributed by atoms with van der Waals surface area (Å²) in [4.78, 5) is 24.9. The lowest BCUT2D eigenvalue weighted by Gasteiger charge is -2.19. The molecule has 8 heteroatoms. The minimum atomic E-state index is -0.823. The second-order valence-electron chi connectivity index (χ2n) is 6.09. The lowest BCUT2D eigenvalue weighted by Crippen LogP contribution is -2.35. The van der Waals surface area contributed by atoms with Crippen LogP contribution in [0.4, 0.5) is 6.01 Å². The van der Waals surface area contributed by atoms with E-state index in [1.165, 1.54) is 0 Å². The molecule has 1 aromatic rings. The summed E-state index contributed by atoms with van der Waals surface area (Å²) in [7, 11) is 0. The van der Waals surface area contributed by atoms with E-state index in [2.05, 4.69) is 15.5 Å². The third-order valence-electron chi connectivity index (χ3n) is 4.05. The molecule has 1 aromatic heterocycles. The normalized spacial score (nSPS) is 26.0. The van der Waals surface area contributed by atoms with Crippen molar-refractivity contribution >= 4 is 17.9 Å². The Kier molecular flexibility index (Phi) is 3.40. The summed E-state index contributed by atoms with van der Waals surface area (Å²) in [6.07, 6.45) is 2.65. The van der Waals surface area contributed by atoms with E-state index >= 15 is 0 Å². The lowest BCUT2D eigenvalue weighted by atomic mass is 9.90. The Hall–Kier alpha value is -1.96. The third kappa shape index (κ3) is 3.05. The molecule has 0 bridgehead atoms. The zero-order valence-corrected chi connectivity index (χ0v) is 11.8. The van der Waals surface area contributed by atoms with Crippen molar-refractivity contribution in [1.29, 1.82) is 0 Å². The van der Waals surface area contributed by atoms with Gasteiger partial charge >= 0.3 is 12.0 Å². The zero-order chi connectivity index (χ0) is 15.0. The smallest absolute Gasteiger partial charge is 0.322 e. The molecular formula is C13H18N4O4. The highest BCUT2D eigenvalue weighted by Crippen LogP contribution is 2.39. The summed E-state index contributed by atoms with van der Waals surface area (Å²) in [6.45, 7) is 2.79. The highest BCUT2D eigenvalue weighted by Gasteiger charge is 2.40. The highest BCUT2D eigenvalue weighted by molar-refractivity contribution is 5.90. The molecule has 1 amide bonds. The fraction of sp³-hybridized carbons (Fsp3) is 0.692. The number of nitrogens with one attached hydrogen (secondary N) is 1. The van der Waals surface area contributed by atoms with E-state index < -0.39 is 11.4 Å². The highest BCUT2D eigenvalue weighted by atomic mass is 16.4. The van der Waals surface area contributed by atoms with Gasteiger partial charge in [-0.05, 0) is 32.7 Å². The maximum absolute atomic E-state index is 11.9. The monoisotopic (exact) mass is 294 g/mol. The molecule has 1 atom stereocenters. The van der Waals surface area contributed by atoms with Gasteiger partial charge in [0.05, 0.1) is 12.0 Å². The molecule has 0 spiro atoms. The summed E-state index contributed by atoms with van der Waals surface area (Å²) in [5, 5.41) is 19.4. The van der Waals surface area contributed by atoms with Crippen LogP contribution < -0.4 is 5.32 Å². The van der Waals surface area contributed by atoms with Crippen molar-refractivity contribution in [3.05, 3.63) is 5.89 Å². The number of nitrogens with zero attached hydrogens (tertiary/aromatic N) is 3. The van der Waals surface area contributed by atoms with E-state index in [1.54, 1.807) is 6.92 Å². The number of rotatable bonds is 5. The second-order valence-corrected chi connectivity index (χ2v) is 6.09. The first-order chi connectivity index (χ1) is 9.96. The molecule has 8 nitrogen and oxygen atoms in total. The average molecular weight is 294 g/mol. The van der Waals surface area contributed by atoms with Crippen LogP contribution in [-0.4, -0.2) is 51.7 Å². The van der Waals surface area contributed by atoms with Crippen LogP contribution >= 0.6 is 0 Å². The number of aromatic nitrogens is 2. The number of anilines is 1. The molecule has 1 aliphatic heterocycles. The first-order valence-corrected chi connectivity index (χ1v) is 7.05. The van der Waals surface area contributed by atoms with Crippen LogP contribution in [0.3, 0.4) is 0 Å². The molecule has 1 unspecified atom stereocenters. The number of aliphatic carboxylic acids is 1. The summed E-state index contributed by atoms with van der Waals surface area (Å²) >= 11 is 0. The van der Waals surface area contributed by atoms with Gasteiger partial charge in [-0.2, -0.15) is 0 Å². The van der Waals surface area contributed by atoms with Crippen LogP contribution in [0, 0.1) is 5.41 Å². The Labute approximate surface area is 121 Å². The molecule has 0 aromatic carbocycles. The molecule has 2 fully saturated rings. The first kappa shape index (κ1) is 14.0. The van der Waals surface area contributed by atoms with Gasteiger partial charge in [0.25, 0.3) is 0 Å². The molecular weight excluding hydrogens is 276 g/mol. The van der Waals surface area contributed by atoms with Crippen molar-refractivity contribution in [2.24, 2.45) is 5.41 Å². The molecule has 2 N–H and O–H groups in total. The number of hydrogen-bond donors (Lipinski definition) is 2. The fourth-order valence-corrected chi connectivity index (χ4v) is 2.51. The summed E-state index contributed by atoms with van der Waals surface area (Å²) in [5.41, 5.74) is -0.774. The fourth-order valence-electron chi connectivity index (χ4n) is 2.51. The first-order valence-electron chi connectivity index (χ1n) is 7.05. The van der Waals surface area contributed by atoms with E-state index in [1.807, 2.05) is 4.90 Å². The van der Waals surface area contributed by atoms with Crippen LogP contribution in [0.25, 0.3) is 0 Å². The van der Waals surface area contributed by atoms with E-state index in [-0.39, 0.29) is 18.5 Å². The van der Waals surface area contributed by atoms with Crippen LogP contribution in [0.15, 0.2) is 4.42 Å². The second kappa shape index (κ2) is 5.10. The largest absolute Gasteiger partial charge is 0.481 e. The van der Waals surface area contributed by atoms with Gasteiger partial charge in [0.2, 0.25) is 11.8 Å². The number of carboxylic acid groups (broad SMARTS) is 1. The van der Waals surface area contributed by atoms with Crippen molar-refractivity contribution in [2.75, 3.05) is 25.0 Å². The van der Waals surface area contributed by atoms with Gasteiger partial charge < -0.3 is 9.52 Å². The molecule has 1 saturated carbocycles. The van der Waals surface area contributed by atoms with Crippen molar-refractivity contribution in [3.8, 4) is 0 Å². The Morgan fingerprint density at radius 3 is 2.86 bits per heavy atom. The van der Waals surface area contributed by atoms with Gasteiger partial charge in [0, 0.05) is 12.5 Å². The predicted molar refractivity (Wildman–Crippen MR) is 71.7 cm³/mol. The van der Waals surface area contributed by atoms with Gasteiger partial charge in [-0.25, -0.2) is 0 Å². The van der Waals surface area contributed by atoms with E-state index in [4.69, 9.17) is 9.52 Å². The Morgan fingerprint density at radius 1 is 1.48 bits per heavy atom. The van der Waals surface area contributed by atoms with Gasteiger partial charge in [0.1, 0.15) is 0 Å². The quantitative estimate of drug-likeness (QED) is 0.822. The average Bonchev–Trinajstić information content (AvgIpc) is 3.05. The SMILES string of the molecule is CC1(C(=O)O)CCN(CC(=O)Nc2nnc(C3CC3)o2)C1. The van der Waals surface area contributed by atoms with Gasteiger partial charge in [0.15, 0.2) is 0 Å². The Bertz CT molecular complexity index is 568. The van der Waals surface area contributed by atoms with Crippen LogP contribution in [0.5, 0.6) is 0 Å². The molecule has 21 heavy (non-hydrogen) atoms. The minimum Gasteiger partial charge on any atom is -0.481 e. The lowest BCUT2D eigenvalue weighted by molar-refractivity contribution is -0.147. The third-order valence-corrected chi connectivity index (χ3v) is 4.05. The molecule has 1 aliphatic carbocycles. The number of hydrogen-bond acceptors (Lipinski definition) is 6. The van der Waals surface area contributed by atoms with E-state index in [0.29, 0.717) is 31.3 Å². The zero-order valence-electron chi connectivity index (χ0n) is 11.8. The summed E-state index contributed by atoms with van der Waals surface area (Å²) in [5.74, 6) is -0.171. The molecule has 2 heterocycles. The molecule has 114 valence electrons. The van der Waals surface area contributed by atoms with Gasteiger partial charge in [-0.3, -0.25) is 19.8 Å². The van der Waals surface area contributed by atoms with Crippen molar-refractivity contribution in [3.63, 3.8) is 0 Å². The standard InChI is InChI=1S/C13H18N4O4/c1-13(11(19)20)4-5-17(7-13)6-9(18)14-12-16-15-10(21-12)8-2-3-8/h8H,2-7H2,1H3,(H,19,20)(H,14,16,18). The van der Waals surface area contributed by atoms with Crippen LogP contribution in [0.2, 0.25) is 0 Å². The van der Waals surface area contributed by atoms with Crippen molar-refractivity contribution in [2.45, 2.75) is 32.1 Å². The van der Waals surface area contributed by atoms with Crippen molar-refractivity contribution in [1.82, 2.24) is 15.1 Å². The molecule has 2 aliphatic rings. The maximum Gasteiger partial charge on any atom is 0.322 e. The minimum absolute atomic E-state index is 0.113. The Morgan fingerprint density at radius 2 is 2.24 bits per heavy atom. The maximum atomic E-state index is 11.9. The molecule has 1 saturated heterocycles. The number of likely N-dealkylation sites (tertiary alicyclic amines) is 1. The number of carboxylic acids is 1. The van der Waals surface area contributed by atoms with Gasteiger partial charge in [-0.1, -0.05) is 5.10 Å². The predicted octanol–water partition coefficient (Wildman–Crippen LogP) is 0.682. The number of carbonyl (C=O) groups excluding carboxylic acids is 1. The van der Waals surface area contributed by atoms with E-state index in [9.17, 15) is 9.59 Å². The summed E-state index contributed by atoms with van der Waals surface area (Å²) in [6, 6.07) is 0.113. The molecule has 3 rings (SSSR count). The van der Waals surface area contributed by atoms with E-state index in [0.717, 1.165) is 12.8 Å². The van der Waals surface area contributed by atoms with Crippen molar-refractivity contribution < 1.29 is 19.1 Å². The Balaban J connectivity index is 1.51. The number of amides is 1. The van der Waals surface area contributed by atoms with Crippen LogP contribution in [-0.2, 0) is 9.59 Å². The molecule has 0 radical (unpaired) electrons. The van der Waals surface area contributed by atoms with Crippen LogP contribution in [0.1, 0.15) is 38.0 Å². The van der Waals surface area contributed by atoms with Gasteiger partial charge in [-0.15, -0.1) is 5.10 Å².